The van der Waals surface area contributed by atoms with E-state index in [4.69, 9.17) is 4.98 Å². The van der Waals surface area contributed by atoms with Gasteiger partial charge in [-0.25, -0.2) is 9.78 Å². The van der Waals surface area contributed by atoms with E-state index in [-0.39, 0.29) is 24.3 Å². The Morgan fingerprint density at radius 2 is 2.16 bits per heavy atom. The lowest BCUT2D eigenvalue weighted by atomic mass is 10.1. The zero-order valence-electron chi connectivity index (χ0n) is 13.5. The molecule has 2 aliphatic rings. The molecule has 0 saturated carbocycles. The summed E-state index contributed by atoms with van der Waals surface area (Å²) >= 11 is 1.63. The van der Waals surface area contributed by atoms with E-state index >= 15 is 0 Å². The van der Waals surface area contributed by atoms with Crippen LogP contribution >= 0.6 is 11.3 Å². The molecule has 3 heterocycles. The second-order valence-electron chi connectivity index (χ2n) is 6.32. The summed E-state index contributed by atoms with van der Waals surface area (Å²) in [7, 11) is 0. The fourth-order valence-corrected chi connectivity index (χ4v) is 4.54. The fraction of sp³-hybridized carbons (Fsp3) is 0.412. The van der Waals surface area contributed by atoms with Crippen LogP contribution in [0.15, 0.2) is 24.3 Å². The highest BCUT2D eigenvalue weighted by Crippen LogP contribution is 2.36. The molecule has 1 aromatic heterocycles. The van der Waals surface area contributed by atoms with E-state index < -0.39 is 12.1 Å². The first-order valence-electron chi connectivity index (χ1n) is 8.38. The molecular weight excluding hydrogens is 340 g/mol. The maximum absolute atomic E-state index is 12.6. The first-order chi connectivity index (χ1) is 12.1. The topological polar surface area (TPSA) is 91.4 Å². The molecule has 7 nitrogen and oxygen atoms in total. The first kappa shape index (κ1) is 16.0. The van der Waals surface area contributed by atoms with Crippen LogP contribution in [0.2, 0.25) is 0 Å². The monoisotopic (exact) mass is 358 g/mol. The van der Waals surface area contributed by atoms with Gasteiger partial charge in [-0.05, 0) is 31.4 Å². The molecule has 0 spiro atoms. The number of amides is 4. The van der Waals surface area contributed by atoms with Gasteiger partial charge in [-0.15, -0.1) is 11.3 Å². The van der Waals surface area contributed by atoms with Gasteiger partial charge in [0.05, 0.1) is 16.3 Å². The maximum Gasteiger partial charge on any atom is 0.322 e. The van der Waals surface area contributed by atoms with E-state index in [0.29, 0.717) is 13.0 Å². The van der Waals surface area contributed by atoms with E-state index in [9.17, 15) is 14.4 Å². The Balaban J connectivity index is 1.44. The van der Waals surface area contributed by atoms with E-state index in [1.807, 2.05) is 29.2 Å². The predicted octanol–water partition coefficient (Wildman–Crippen LogP) is 1.95. The molecule has 25 heavy (non-hydrogen) atoms. The molecule has 1 aromatic carbocycles. The van der Waals surface area contributed by atoms with Crippen molar-refractivity contribution >= 4 is 39.4 Å². The number of aromatic nitrogens is 1. The van der Waals surface area contributed by atoms with Gasteiger partial charge in [-0.2, -0.15) is 0 Å². The third-order valence-corrected chi connectivity index (χ3v) is 5.81. The summed E-state index contributed by atoms with van der Waals surface area (Å²) in [5, 5.41) is 5.69. The number of urea groups is 1. The quantitative estimate of drug-likeness (QED) is 0.817. The predicted molar refractivity (Wildman–Crippen MR) is 93.0 cm³/mol. The summed E-state index contributed by atoms with van der Waals surface area (Å²) in [6.45, 7) is 0.711. The second-order valence-corrected chi connectivity index (χ2v) is 7.38. The summed E-state index contributed by atoms with van der Waals surface area (Å²) < 4.78 is 1.13. The summed E-state index contributed by atoms with van der Waals surface area (Å²) in [6, 6.07) is 6.89. The summed E-state index contributed by atoms with van der Waals surface area (Å²) in [6.07, 6.45) is 2.42. The molecule has 2 aliphatic heterocycles. The minimum absolute atomic E-state index is 0.00991. The van der Waals surface area contributed by atoms with Gasteiger partial charge >= 0.3 is 6.03 Å². The van der Waals surface area contributed by atoms with Crippen LogP contribution in [-0.2, 0) is 9.59 Å². The molecule has 0 aliphatic carbocycles. The number of thiazole rings is 1. The number of nitrogens with one attached hydrogen (secondary N) is 2. The van der Waals surface area contributed by atoms with Crippen LogP contribution in [-0.4, -0.2) is 40.3 Å². The Morgan fingerprint density at radius 1 is 1.32 bits per heavy atom. The molecule has 2 fully saturated rings. The summed E-state index contributed by atoms with van der Waals surface area (Å²) in [4.78, 5) is 41.9. The van der Waals surface area contributed by atoms with Crippen LogP contribution in [0.1, 0.15) is 36.7 Å². The number of para-hydroxylation sites is 1. The molecule has 2 saturated heterocycles. The number of benzene rings is 1. The van der Waals surface area contributed by atoms with Crippen molar-refractivity contribution < 1.29 is 14.4 Å². The van der Waals surface area contributed by atoms with Crippen molar-refractivity contribution in [3.05, 3.63) is 29.3 Å². The zero-order chi connectivity index (χ0) is 17.4. The first-order valence-corrected chi connectivity index (χ1v) is 9.20. The van der Waals surface area contributed by atoms with Crippen LogP contribution in [0.4, 0.5) is 4.79 Å². The third-order valence-electron chi connectivity index (χ3n) is 4.67. The lowest BCUT2D eigenvalue weighted by Crippen LogP contribution is -2.34. The number of fused-ring (bicyclic) bond motifs is 1. The third kappa shape index (κ3) is 3.09. The van der Waals surface area contributed by atoms with E-state index in [1.54, 1.807) is 11.3 Å². The number of imide groups is 1. The molecular formula is C17H18N4O3S. The Morgan fingerprint density at radius 3 is 2.92 bits per heavy atom. The Hall–Kier alpha value is -2.48. The minimum atomic E-state index is -0.611. The number of carbonyl (C=O) groups is 3. The minimum Gasteiger partial charge on any atom is -0.333 e. The number of nitrogens with zero attached hydrogens (tertiary/aromatic N) is 2. The zero-order valence-corrected chi connectivity index (χ0v) is 14.3. The highest BCUT2D eigenvalue weighted by Gasteiger charge is 2.34. The van der Waals surface area contributed by atoms with Gasteiger partial charge in [0.2, 0.25) is 5.91 Å². The van der Waals surface area contributed by atoms with Gasteiger partial charge in [0.15, 0.2) is 0 Å². The number of carbonyl (C=O) groups excluding carboxylic acids is 3. The van der Waals surface area contributed by atoms with Crippen LogP contribution < -0.4 is 10.6 Å². The maximum atomic E-state index is 12.6. The van der Waals surface area contributed by atoms with Crippen molar-refractivity contribution in [2.45, 2.75) is 37.8 Å². The molecule has 4 rings (SSSR count). The highest BCUT2D eigenvalue weighted by molar-refractivity contribution is 7.18. The van der Waals surface area contributed by atoms with Crippen molar-refractivity contribution in [3.8, 4) is 0 Å². The highest BCUT2D eigenvalue weighted by atomic mass is 32.1. The fourth-order valence-electron chi connectivity index (χ4n) is 3.43. The SMILES string of the molecule is O=C1NC(=O)[C@H](CCC(=O)N2CCC[C@@H]2c2nc3ccccc3s2)N1. The average Bonchev–Trinajstić information content (AvgIpc) is 3.29. The van der Waals surface area contributed by atoms with Crippen molar-refractivity contribution in [1.29, 1.82) is 0 Å². The van der Waals surface area contributed by atoms with E-state index in [1.165, 1.54) is 0 Å². The summed E-state index contributed by atoms with van der Waals surface area (Å²) in [5.74, 6) is -0.349. The lowest BCUT2D eigenvalue weighted by molar-refractivity contribution is -0.132. The Labute approximate surface area is 148 Å². The second kappa shape index (κ2) is 6.44. The number of hydrogen-bond acceptors (Lipinski definition) is 5. The molecule has 8 heteroatoms. The lowest BCUT2D eigenvalue weighted by Gasteiger charge is -2.23. The van der Waals surface area contributed by atoms with Gasteiger partial charge in [0.1, 0.15) is 11.0 Å². The average molecular weight is 358 g/mol. The molecule has 2 atom stereocenters. The smallest absolute Gasteiger partial charge is 0.322 e. The van der Waals surface area contributed by atoms with Crippen LogP contribution in [0.3, 0.4) is 0 Å². The normalized spacial score (nSPS) is 23.1. The standard InChI is InChI=1S/C17H18N4O3S/c22-14(8-7-11-15(23)20-17(24)19-11)21-9-3-5-12(21)16-18-10-4-1-2-6-13(10)25-16/h1-2,4,6,11-12H,3,5,7-9H2,(H2,19,20,23,24)/t11-,12+/m0/s1. The van der Waals surface area contributed by atoms with Crippen LogP contribution in [0.25, 0.3) is 10.2 Å². The van der Waals surface area contributed by atoms with E-state index in [0.717, 1.165) is 28.1 Å². The molecule has 0 bridgehead atoms. The Kier molecular flexibility index (Phi) is 4.12. The van der Waals surface area contributed by atoms with Crippen LogP contribution in [0.5, 0.6) is 0 Å². The van der Waals surface area contributed by atoms with Crippen molar-refractivity contribution in [3.63, 3.8) is 0 Å². The van der Waals surface area contributed by atoms with Crippen molar-refractivity contribution in [1.82, 2.24) is 20.5 Å². The summed E-state index contributed by atoms with van der Waals surface area (Å²) in [5.41, 5.74) is 0.965. The number of likely N-dealkylation sites (tertiary alicyclic amines) is 1. The molecule has 2 aromatic rings. The molecule has 130 valence electrons. The van der Waals surface area contributed by atoms with E-state index in [2.05, 4.69) is 10.6 Å². The van der Waals surface area contributed by atoms with Gasteiger partial charge in [-0.3, -0.25) is 14.9 Å². The van der Waals surface area contributed by atoms with Crippen molar-refractivity contribution in [2.75, 3.05) is 6.54 Å². The molecule has 2 N–H and O–H groups in total. The molecule has 0 unspecified atom stereocenters. The van der Waals surface area contributed by atoms with Crippen molar-refractivity contribution in [2.24, 2.45) is 0 Å². The number of rotatable bonds is 4. The van der Waals surface area contributed by atoms with Gasteiger partial charge in [0, 0.05) is 13.0 Å². The number of hydrogen-bond donors (Lipinski definition) is 2. The van der Waals surface area contributed by atoms with Crippen LogP contribution in [0, 0.1) is 0 Å². The molecule has 0 radical (unpaired) electrons. The molecule has 4 amide bonds. The van der Waals surface area contributed by atoms with Gasteiger partial charge in [-0.1, -0.05) is 12.1 Å². The van der Waals surface area contributed by atoms with Gasteiger partial charge < -0.3 is 10.2 Å². The Bertz CT molecular complexity index is 816. The largest absolute Gasteiger partial charge is 0.333 e. The van der Waals surface area contributed by atoms with Gasteiger partial charge in [0.25, 0.3) is 5.91 Å².